The van der Waals surface area contributed by atoms with Crippen LogP contribution in [0.1, 0.15) is 17.5 Å². The number of hydrogen-bond acceptors (Lipinski definition) is 2. The molecule has 0 saturated carbocycles. The maximum Gasteiger partial charge on any atom is 0.224 e. The molecule has 106 valence electrons. The number of rotatable bonds is 4. The summed E-state index contributed by atoms with van der Waals surface area (Å²) in [5.74, 6) is 0.0178. The van der Waals surface area contributed by atoms with Crippen LogP contribution in [0.5, 0.6) is 0 Å². The lowest BCUT2D eigenvalue weighted by Gasteiger charge is -2.06. The smallest absolute Gasteiger partial charge is 0.224 e. The molecule has 0 aliphatic heterocycles. The molecule has 0 aliphatic carbocycles. The van der Waals surface area contributed by atoms with Crippen LogP contribution in [0.4, 0.5) is 5.69 Å². The summed E-state index contributed by atoms with van der Waals surface area (Å²) in [6.07, 6.45) is 2.94. The van der Waals surface area contributed by atoms with E-state index in [9.17, 15) is 4.79 Å². The molecule has 0 unspecified atom stereocenters. The highest BCUT2D eigenvalue weighted by Gasteiger charge is 2.07. The van der Waals surface area contributed by atoms with Crippen molar-refractivity contribution in [2.24, 2.45) is 0 Å². The van der Waals surface area contributed by atoms with Crippen LogP contribution in [0, 0.1) is 6.92 Å². The molecule has 2 N–H and O–H groups in total. The van der Waals surface area contributed by atoms with Gasteiger partial charge in [-0.2, -0.15) is 5.10 Å². The van der Waals surface area contributed by atoms with Gasteiger partial charge in [0, 0.05) is 11.8 Å². The molecule has 3 rings (SSSR count). The SMILES string of the molecule is Cc1ccc(CCC(=O)Nc2cccc3[nH]ncc23)cc1. The van der Waals surface area contributed by atoms with Crippen molar-refractivity contribution >= 4 is 22.5 Å². The van der Waals surface area contributed by atoms with E-state index in [4.69, 9.17) is 0 Å². The first-order valence-corrected chi connectivity index (χ1v) is 7.00. The minimum absolute atomic E-state index is 0.0178. The van der Waals surface area contributed by atoms with E-state index in [1.165, 1.54) is 11.1 Å². The Kier molecular flexibility index (Phi) is 3.69. The van der Waals surface area contributed by atoms with Crippen molar-refractivity contribution in [3.05, 3.63) is 59.8 Å². The molecular formula is C17H17N3O. The molecule has 4 heteroatoms. The highest BCUT2D eigenvalue weighted by atomic mass is 16.1. The number of H-pyrrole nitrogens is 1. The van der Waals surface area contributed by atoms with Gasteiger partial charge in [0.1, 0.15) is 0 Å². The fraction of sp³-hybridized carbons (Fsp3) is 0.176. The molecule has 1 amide bonds. The van der Waals surface area contributed by atoms with Gasteiger partial charge in [0.25, 0.3) is 0 Å². The predicted molar refractivity (Wildman–Crippen MR) is 84.2 cm³/mol. The van der Waals surface area contributed by atoms with Crippen LogP contribution >= 0.6 is 0 Å². The second kappa shape index (κ2) is 5.79. The molecule has 0 atom stereocenters. The Morgan fingerprint density at radius 1 is 1.19 bits per heavy atom. The number of carbonyl (C=O) groups excluding carboxylic acids is 1. The molecular weight excluding hydrogens is 262 g/mol. The van der Waals surface area contributed by atoms with Gasteiger partial charge in [-0.1, -0.05) is 35.9 Å². The number of nitrogens with zero attached hydrogens (tertiary/aromatic N) is 1. The van der Waals surface area contributed by atoms with Crippen LogP contribution in [-0.2, 0) is 11.2 Å². The molecule has 4 nitrogen and oxygen atoms in total. The van der Waals surface area contributed by atoms with Crippen molar-refractivity contribution in [3.63, 3.8) is 0 Å². The lowest BCUT2D eigenvalue weighted by atomic mass is 10.1. The molecule has 0 aliphatic rings. The second-order valence-corrected chi connectivity index (χ2v) is 5.17. The van der Waals surface area contributed by atoms with E-state index in [2.05, 4.69) is 46.7 Å². The Morgan fingerprint density at radius 2 is 2.00 bits per heavy atom. The monoisotopic (exact) mass is 279 g/mol. The van der Waals surface area contributed by atoms with E-state index >= 15 is 0 Å². The van der Waals surface area contributed by atoms with Crippen LogP contribution in [0.15, 0.2) is 48.7 Å². The molecule has 0 spiro atoms. The van der Waals surface area contributed by atoms with E-state index < -0.39 is 0 Å². The van der Waals surface area contributed by atoms with Gasteiger partial charge in [0.15, 0.2) is 0 Å². The number of benzene rings is 2. The third-order valence-electron chi connectivity index (χ3n) is 3.52. The summed E-state index contributed by atoms with van der Waals surface area (Å²) in [6.45, 7) is 2.06. The van der Waals surface area contributed by atoms with E-state index in [0.29, 0.717) is 6.42 Å². The average Bonchev–Trinajstić information content (AvgIpc) is 2.96. The van der Waals surface area contributed by atoms with Crippen molar-refractivity contribution in [2.75, 3.05) is 5.32 Å². The standard InChI is InChI=1S/C17H17N3O/c1-12-5-7-13(8-6-12)9-10-17(21)19-15-3-2-4-16-14(15)11-18-20-16/h2-8,11H,9-10H2,1H3,(H,18,20)(H,19,21). The van der Waals surface area contributed by atoms with Crippen molar-refractivity contribution in [2.45, 2.75) is 19.8 Å². The lowest BCUT2D eigenvalue weighted by Crippen LogP contribution is -2.12. The van der Waals surface area contributed by atoms with Crippen molar-refractivity contribution in [1.82, 2.24) is 10.2 Å². The molecule has 3 aromatic rings. The highest BCUT2D eigenvalue weighted by molar-refractivity contribution is 6.00. The van der Waals surface area contributed by atoms with Crippen LogP contribution < -0.4 is 5.32 Å². The Bertz CT molecular complexity index is 759. The van der Waals surface area contributed by atoms with Crippen LogP contribution in [0.25, 0.3) is 10.9 Å². The van der Waals surface area contributed by atoms with Crippen molar-refractivity contribution in [1.29, 1.82) is 0 Å². The number of hydrogen-bond donors (Lipinski definition) is 2. The average molecular weight is 279 g/mol. The summed E-state index contributed by atoms with van der Waals surface area (Å²) in [7, 11) is 0. The summed E-state index contributed by atoms with van der Waals surface area (Å²) >= 11 is 0. The summed E-state index contributed by atoms with van der Waals surface area (Å²) in [6, 6.07) is 14.0. The highest BCUT2D eigenvalue weighted by Crippen LogP contribution is 2.21. The zero-order valence-electron chi connectivity index (χ0n) is 11.9. The number of aromatic amines is 1. The Morgan fingerprint density at radius 3 is 2.81 bits per heavy atom. The van der Waals surface area contributed by atoms with E-state index in [0.717, 1.165) is 23.0 Å². The maximum atomic E-state index is 12.1. The first-order valence-electron chi connectivity index (χ1n) is 7.00. The number of fused-ring (bicyclic) bond motifs is 1. The number of aromatic nitrogens is 2. The molecule has 0 radical (unpaired) electrons. The first kappa shape index (κ1) is 13.4. The van der Waals surface area contributed by atoms with Gasteiger partial charge in [-0.3, -0.25) is 9.89 Å². The van der Waals surface area contributed by atoms with Gasteiger partial charge < -0.3 is 5.32 Å². The molecule has 1 heterocycles. The van der Waals surface area contributed by atoms with E-state index in [-0.39, 0.29) is 5.91 Å². The minimum atomic E-state index is 0.0178. The Hall–Kier alpha value is -2.62. The number of carbonyl (C=O) groups is 1. The largest absolute Gasteiger partial charge is 0.325 e. The molecule has 0 bridgehead atoms. The fourth-order valence-electron chi connectivity index (χ4n) is 2.30. The predicted octanol–water partition coefficient (Wildman–Crippen LogP) is 3.44. The van der Waals surface area contributed by atoms with E-state index in [1.807, 2.05) is 18.2 Å². The normalized spacial score (nSPS) is 10.7. The van der Waals surface area contributed by atoms with Gasteiger partial charge in [-0.15, -0.1) is 0 Å². The van der Waals surface area contributed by atoms with Gasteiger partial charge in [-0.25, -0.2) is 0 Å². The maximum absolute atomic E-state index is 12.1. The third kappa shape index (κ3) is 3.11. The first-order chi connectivity index (χ1) is 10.2. The van der Waals surface area contributed by atoms with Crippen LogP contribution in [0.2, 0.25) is 0 Å². The fourth-order valence-corrected chi connectivity index (χ4v) is 2.30. The summed E-state index contributed by atoms with van der Waals surface area (Å²) in [5, 5.41) is 10.8. The molecule has 2 aromatic carbocycles. The molecule has 21 heavy (non-hydrogen) atoms. The number of nitrogens with one attached hydrogen (secondary N) is 2. The lowest BCUT2D eigenvalue weighted by molar-refractivity contribution is -0.116. The Balaban J connectivity index is 1.64. The number of aryl methyl sites for hydroxylation is 2. The summed E-state index contributed by atoms with van der Waals surface area (Å²) in [5.41, 5.74) is 4.13. The van der Waals surface area contributed by atoms with Crippen molar-refractivity contribution in [3.8, 4) is 0 Å². The zero-order valence-corrected chi connectivity index (χ0v) is 11.9. The molecule has 0 saturated heterocycles. The van der Waals surface area contributed by atoms with Crippen LogP contribution in [0.3, 0.4) is 0 Å². The minimum Gasteiger partial charge on any atom is -0.325 e. The van der Waals surface area contributed by atoms with Gasteiger partial charge in [0.2, 0.25) is 5.91 Å². The summed E-state index contributed by atoms with van der Waals surface area (Å²) < 4.78 is 0. The Labute approximate surface area is 123 Å². The molecule has 0 fully saturated rings. The van der Waals surface area contributed by atoms with Gasteiger partial charge in [0.05, 0.1) is 17.4 Å². The van der Waals surface area contributed by atoms with Crippen LogP contribution in [-0.4, -0.2) is 16.1 Å². The second-order valence-electron chi connectivity index (χ2n) is 5.17. The topological polar surface area (TPSA) is 57.8 Å². The van der Waals surface area contributed by atoms with Crippen molar-refractivity contribution < 1.29 is 4.79 Å². The van der Waals surface area contributed by atoms with Gasteiger partial charge >= 0.3 is 0 Å². The molecule has 1 aromatic heterocycles. The third-order valence-corrected chi connectivity index (χ3v) is 3.52. The van der Waals surface area contributed by atoms with Gasteiger partial charge in [-0.05, 0) is 31.0 Å². The zero-order chi connectivity index (χ0) is 14.7. The number of amides is 1. The quantitative estimate of drug-likeness (QED) is 0.768. The summed E-state index contributed by atoms with van der Waals surface area (Å²) in [4.78, 5) is 12.1. The van der Waals surface area contributed by atoms with E-state index in [1.54, 1.807) is 6.20 Å². The number of anilines is 1.